The molecular formula is C18H21N3O4S2. The van der Waals surface area contributed by atoms with Gasteiger partial charge in [-0.05, 0) is 50.1 Å². The Morgan fingerprint density at radius 2 is 2.04 bits per heavy atom. The molecular weight excluding hydrogens is 386 g/mol. The van der Waals surface area contributed by atoms with Crippen LogP contribution in [0.5, 0.6) is 0 Å². The summed E-state index contributed by atoms with van der Waals surface area (Å²) in [4.78, 5) is 24.8. The number of amides is 2. The van der Waals surface area contributed by atoms with Gasteiger partial charge < -0.3 is 11.1 Å². The minimum atomic E-state index is -3.59. The molecule has 0 aliphatic carbocycles. The molecule has 3 N–H and O–H groups in total. The lowest BCUT2D eigenvalue weighted by Gasteiger charge is -2.30. The minimum absolute atomic E-state index is 0.140. The number of rotatable bonds is 5. The molecule has 1 aliphatic heterocycles. The van der Waals surface area contributed by atoms with E-state index >= 15 is 0 Å². The summed E-state index contributed by atoms with van der Waals surface area (Å²) >= 11 is 1.23. The Labute approximate surface area is 162 Å². The molecule has 3 rings (SSSR count). The molecule has 9 heteroatoms. The molecule has 1 aromatic heterocycles. The molecule has 1 saturated heterocycles. The van der Waals surface area contributed by atoms with E-state index in [4.69, 9.17) is 5.73 Å². The van der Waals surface area contributed by atoms with E-state index in [1.165, 1.54) is 21.7 Å². The van der Waals surface area contributed by atoms with Crippen molar-refractivity contribution in [2.45, 2.75) is 24.0 Å². The first kappa shape index (κ1) is 19.5. The van der Waals surface area contributed by atoms with Gasteiger partial charge >= 0.3 is 0 Å². The van der Waals surface area contributed by atoms with Gasteiger partial charge in [-0.25, -0.2) is 8.42 Å². The lowest BCUT2D eigenvalue weighted by Crippen LogP contribution is -2.43. The number of carbonyl (C=O) groups is 2. The molecule has 1 aliphatic rings. The fourth-order valence-electron chi connectivity index (χ4n) is 3.05. The first-order chi connectivity index (χ1) is 12.8. The summed E-state index contributed by atoms with van der Waals surface area (Å²) in [6.45, 7) is 2.40. The van der Waals surface area contributed by atoms with Crippen molar-refractivity contribution >= 4 is 38.9 Å². The number of hydrogen-bond donors (Lipinski definition) is 2. The number of carbonyl (C=O) groups excluding carboxylic acids is 2. The number of nitrogens with one attached hydrogen (secondary N) is 1. The van der Waals surface area contributed by atoms with Gasteiger partial charge in [-0.1, -0.05) is 6.07 Å². The Hall–Kier alpha value is -2.23. The number of anilines is 1. The number of hydrogen-bond acceptors (Lipinski definition) is 5. The van der Waals surface area contributed by atoms with Crippen LogP contribution in [0.3, 0.4) is 0 Å². The summed E-state index contributed by atoms with van der Waals surface area (Å²) < 4.78 is 27.3. The van der Waals surface area contributed by atoms with Crippen LogP contribution >= 0.6 is 11.3 Å². The van der Waals surface area contributed by atoms with E-state index in [0.717, 1.165) is 4.88 Å². The van der Waals surface area contributed by atoms with Gasteiger partial charge in [0.2, 0.25) is 11.8 Å². The molecule has 0 radical (unpaired) electrons. The van der Waals surface area contributed by atoms with Crippen molar-refractivity contribution in [3.05, 3.63) is 46.8 Å². The van der Waals surface area contributed by atoms with E-state index in [-0.39, 0.29) is 12.5 Å². The highest BCUT2D eigenvalue weighted by molar-refractivity contribution is 7.91. The molecule has 27 heavy (non-hydrogen) atoms. The average Bonchev–Trinajstić information content (AvgIpc) is 3.09. The number of benzene rings is 1. The van der Waals surface area contributed by atoms with Gasteiger partial charge in [0.15, 0.2) is 0 Å². The largest absolute Gasteiger partial charge is 0.366 e. The second kappa shape index (κ2) is 7.79. The van der Waals surface area contributed by atoms with Crippen LogP contribution in [-0.2, 0) is 14.8 Å². The molecule has 0 unspecified atom stereocenters. The van der Waals surface area contributed by atoms with Gasteiger partial charge in [0.1, 0.15) is 4.21 Å². The summed E-state index contributed by atoms with van der Waals surface area (Å²) in [5, 5.41) is 2.76. The van der Waals surface area contributed by atoms with E-state index in [2.05, 4.69) is 5.32 Å². The van der Waals surface area contributed by atoms with Crippen LogP contribution in [0, 0.1) is 12.8 Å². The third kappa shape index (κ3) is 4.37. The van der Waals surface area contributed by atoms with E-state index in [0.29, 0.717) is 34.8 Å². The van der Waals surface area contributed by atoms with Crippen LogP contribution < -0.4 is 11.1 Å². The zero-order valence-electron chi connectivity index (χ0n) is 14.8. The monoisotopic (exact) mass is 407 g/mol. The van der Waals surface area contributed by atoms with Gasteiger partial charge in [0.25, 0.3) is 10.0 Å². The highest BCUT2D eigenvalue weighted by atomic mass is 32.2. The number of nitrogens with zero attached hydrogens (tertiary/aromatic N) is 1. The number of aryl methyl sites for hydroxylation is 1. The molecule has 1 fully saturated rings. The van der Waals surface area contributed by atoms with Crippen molar-refractivity contribution in [2.24, 2.45) is 11.7 Å². The Balaban J connectivity index is 1.71. The second-order valence-electron chi connectivity index (χ2n) is 6.50. The SMILES string of the molecule is Cc1ccc(S(=O)(=O)N2CCC[C@@H](C(=O)Nc3cccc(C(N)=O)c3)C2)s1. The summed E-state index contributed by atoms with van der Waals surface area (Å²) in [7, 11) is -3.59. The van der Waals surface area contributed by atoms with Crippen LogP contribution in [0.4, 0.5) is 5.69 Å². The second-order valence-corrected chi connectivity index (χ2v) is 9.95. The number of piperidine rings is 1. The average molecular weight is 408 g/mol. The lowest BCUT2D eigenvalue weighted by molar-refractivity contribution is -0.120. The van der Waals surface area contributed by atoms with Crippen LogP contribution in [0.15, 0.2) is 40.6 Å². The van der Waals surface area contributed by atoms with Crippen molar-refractivity contribution in [3.63, 3.8) is 0 Å². The van der Waals surface area contributed by atoms with E-state index in [1.54, 1.807) is 30.3 Å². The Morgan fingerprint density at radius 3 is 2.70 bits per heavy atom. The Bertz CT molecular complexity index is 968. The minimum Gasteiger partial charge on any atom is -0.366 e. The topological polar surface area (TPSA) is 110 Å². The maximum absolute atomic E-state index is 12.8. The van der Waals surface area contributed by atoms with E-state index < -0.39 is 21.8 Å². The zero-order valence-corrected chi connectivity index (χ0v) is 16.5. The summed E-state index contributed by atoms with van der Waals surface area (Å²) in [6, 6.07) is 9.75. The van der Waals surface area contributed by atoms with Crippen molar-refractivity contribution in [1.82, 2.24) is 4.31 Å². The van der Waals surface area contributed by atoms with Crippen LogP contribution in [0.1, 0.15) is 28.1 Å². The number of nitrogens with two attached hydrogens (primary N) is 1. The standard InChI is InChI=1S/C18H21N3O4S2/c1-12-7-8-16(26-12)27(24,25)21-9-3-5-14(11-21)18(23)20-15-6-2-4-13(10-15)17(19)22/h2,4,6-8,10,14H,3,5,9,11H2,1H3,(H2,19,22)(H,20,23)/t14-/m1/s1. The van der Waals surface area contributed by atoms with E-state index in [9.17, 15) is 18.0 Å². The summed E-state index contributed by atoms with van der Waals surface area (Å²) in [6.07, 6.45) is 1.22. The van der Waals surface area contributed by atoms with Gasteiger partial charge in [0, 0.05) is 29.2 Å². The van der Waals surface area contributed by atoms with Crippen LogP contribution in [-0.4, -0.2) is 37.6 Å². The number of primary amides is 1. The van der Waals surface area contributed by atoms with Crippen molar-refractivity contribution in [1.29, 1.82) is 0 Å². The molecule has 144 valence electrons. The summed E-state index contributed by atoms with van der Waals surface area (Å²) in [5.74, 6) is -1.29. The maximum Gasteiger partial charge on any atom is 0.252 e. The fraction of sp³-hybridized carbons (Fsp3) is 0.333. The predicted molar refractivity (Wildman–Crippen MR) is 104 cm³/mol. The normalized spacial score (nSPS) is 18.2. The first-order valence-corrected chi connectivity index (χ1v) is 10.8. The van der Waals surface area contributed by atoms with Gasteiger partial charge in [-0.3, -0.25) is 9.59 Å². The van der Waals surface area contributed by atoms with Crippen molar-refractivity contribution in [2.75, 3.05) is 18.4 Å². The fourth-order valence-corrected chi connectivity index (χ4v) is 6.01. The molecule has 0 bridgehead atoms. The van der Waals surface area contributed by atoms with Crippen molar-refractivity contribution < 1.29 is 18.0 Å². The number of thiophene rings is 1. The molecule has 1 atom stereocenters. The third-order valence-corrected chi connectivity index (χ3v) is 7.81. The lowest BCUT2D eigenvalue weighted by atomic mass is 9.98. The first-order valence-electron chi connectivity index (χ1n) is 8.54. The highest BCUT2D eigenvalue weighted by Crippen LogP contribution is 2.28. The summed E-state index contributed by atoms with van der Waals surface area (Å²) in [5.41, 5.74) is 6.02. The third-order valence-electron chi connectivity index (χ3n) is 4.48. The predicted octanol–water partition coefficient (Wildman–Crippen LogP) is 2.19. The Kier molecular flexibility index (Phi) is 5.64. The molecule has 7 nitrogen and oxygen atoms in total. The number of sulfonamides is 1. The smallest absolute Gasteiger partial charge is 0.252 e. The van der Waals surface area contributed by atoms with Gasteiger partial charge in [-0.15, -0.1) is 11.3 Å². The molecule has 2 heterocycles. The van der Waals surface area contributed by atoms with Crippen molar-refractivity contribution in [3.8, 4) is 0 Å². The van der Waals surface area contributed by atoms with Crippen LogP contribution in [0.25, 0.3) is 0 Å². The zero-order chi connectivity index (χ0) is 19.6. The molecule has 2 amide bonds. The highest BCUT2D eigenvalue weighted by Gasteiger charge is 2.34. The molecule has 0 spiro atoms. The van der Waals surface area contributed by atoms with Gasteiger partial charge in [0.05, 0.1) is 5.92 Å². The Morgan fingerprint density at radius 1 is 1.26 bits per heavy atom. The van der Waals surface area contributed by atoms with Gasteiger partial charge in [-0.2, -0.15) is 4.31 Å². The van der Waals surface area contributed by atoms with Crippen LogP contribution in [0.2, 0.25) is 0 Å². The maximum atomic E-state index is 12.8. The van der Waals surface area contributed by atoms with E-state index in [1.807, 2.05) is 6.92 Å². The molecule has 0 saturated carbocycles. The molecule has 1 aromatic carbocycles. The quantitative estimate of drug-likeness (QED) is 0.792. The molecule has 2 aromatic rings.